The maximum absolute atomic E-state index is 13.4. The lowest BCUT2D eigenvalue weighted by Gasteiger charge is -2.20. The normalized spacial score (nSPS) is 10.3. The molecule has 2 aromatic carbocycles. The van der Waals surface area contributed by atoms with Crippen molar-refractivity contribution in [3.05, 3.63) is 65.0 Å². The molecule has 0 fully saturated rings. The molecule has 0 saturated heterocycles. The largest absolute Gasteiger partial charge is 0.370 e. The third-order valence-electron chi connectivity index (χ3n) is 3.02. The van der Waals surface area contributed by atoms with Crippen molar-refractivity contribution in [1.82, 2.24) is 0 Å². The van der Waals surface area contributed by atoms with Crippen molar-refractivity contribution in [3.8, 4) is 0 Å². The Morgan fingerprint density at radius 2 is 1.84 bits per heavy atom. The highest BCUT2D eigenvalue weighted by Crippen LogP contribution is 2.19. The van der Waals surface area contributed by atoms with Crippen LogP contribution in [-0.4, -0.2) is 13.3 Å². The van der Waals surface area contributed by atoms with Crippen LogP contribution < -0.4 is 4.90 Å². The van der Waals surface area contributed by atoms with Gasteiger partial charge in [0.15, 0.2) is 0 Å². The Morgan fingerprint density at radius 3 is 2.47 bits per heavy atom. The molecule has 2 rings (SSSR count). The molecule has 0 saturated carbocycles. The summed E-state index contributed by atoms with van der Waals surface area (Å²) in [5.41, 5.74) is 3.40. The monoisotopic (exact) mass is 257 g/mol. The third-order valence-corrected chi connectivity index (χ3v) is 3.02. The maximum Gasteiger partial charge on any atom is 0.150 e. The number of hydrogen-bond acceptors (Lipinski definition) is 2. The van der Waals surface area contributed by atoms with Crippen molar-refractivity contribution in [2.24, 2.45) is 0 Å². The van der Waals surface area contributed by atoms with E-state index in [0.29, 0.717) is 24.1 Å². The van der Waals surface area contributed by atoms with Gasteiger partial charge in [0.05, 0.1) is 0 Å². The number of carbonyl (C=O) groups excluding carboxylic acids is 1. The highest BCUT2D eigenvalue weighted by atomic mass is 19.1. The predicted molar refractivity (Wildman–Crippen MR) is 75.1 cm³/mol. The standard InChI is InChI=1S/C16H16FNO/c1-12-3-5-13(6-4-12)10-18(2)16-8-14(11-19)7-15(17)9-16/h3-9,11H,10H2,1-2H3. The van der Waals surface area contributed by atoms with Gasteiger partial charge in [0.1, 0.15) is 12.1 Å². The molecule has 0 unspecified atom stereocenters. The number of nitrogens with zero attached hydrogens (tertiary/aromatic N) is 1. The third kappa shape index (κ3) is 3.41. The molecule has 0 atom stereocenters. The molecule has 0 aliphatic rings. The van der Waals surface area contributed by atoms with Crippen molar-refractivity contribution < 1.29 is 9.18 Å². The molecule has 0 spiro atoms. The van der Waals surface area contributed by atoms with Crippen LogP contribution in [0.1, 0.15) is 21.5 Å². The van der Waals surface area contributed by atoms with Crippen LogP contribution in [0.15, 0.2) is 42.5 Å². The quantitative estimate of drug-likeness (QED) is 0.780. The Hall–Kier alpha value is -2.16. The molecular formula is C16H16FNO. The first-order valence-electron chi connectivity index (χ1n) is 6.11. The van der Waals surface area contributed by atoms with E-state index in [2.05, 4.69) is 0 Å². The summed E-state index contributed by atoms with van der Waals surface area (Å²) in [5, 5.41) is 0. The van der Waals surface area contributed by atoms with Crippen LogP contribution in [0.2, 0.25) is 0 Å². The molecule has 19 heavy (non-hydrogen) atoms. The van der Waals surface area contributed by atoms with Crippen molar-refractivity contribution in [2.45, 2.75) is 13.5 Å². The van der Waals surface area contributed by atoms with Crippen LogP contribution in [0.25, 0.3) is 0 Å². The number of anilines is 1. The minimum Gasteiger partial charge on any atom is -0.370 e. The van der Waals surface area contributed by atoms with Crippen LogP contribution in [0.5, 0.6) is 0 Å². The lowest BCUT2D eigenvalue weighted by molar-refractivity contribution is 0.112. The lowest BCUT2D eigenvalue weighted by Crippen LogP contribution is -2.16. The molecule has 0 N–H and O–H groups in total. The molecule has 0 aliphatic heterocycles. The van der Waals surface area contributed by atoms with Gasteiger partial charge in [-0.2, -0.15) is 0 Å². The Balaban J connectivity index is 2.19. The van der Waals surface area contributed by atoms with E-state index in [0.717, 1.165) is 5.56 Å². The zero-order chi connectivity index (χ0) is 13.8. The molecule has 0 bridgehead atoms. The van der Waals surface area contributed by atoms with Crippen molar-refractivity contribution in [2.75, 3.05) is 11.9 Å². The van der Waals surface area contributed by atoms with E-state index in [1.54, 1.807) is 6.07 Å². The predicted octanol–water partition coefficient (Wildman–Crippen LogP) is 3.58. The van der Waals surface area contributed by atoms with Crippen LogP contribution >= 0.6 is 0 Å². The van der Waals surface area contributed by atoms with Gasteiger partial charge in [-0.15, -0.1) is 0 Å². The summed E-state index contributed by atoms with van der Waals surface area (Å²) in [6, 6.07) is 12.5. The van der Waals surface area contributed by atoms with Crippen LogP contribution in [-0.2, 0) is 6.54 Å². The fraction of sp³-hybridized carbons (Fsp3) is 0.188. The van der Waals surface area contributed by atoms with E-state index in [4.69, 9.17) is 0 Å². The van der Waals surface area contributed by atoms with E-state index in [9.17, 15) is 9.18 Å². The number of aldehydes is 1. The Kier molecular flexibility index (Phi) is 3.95. The lowest BCUT2D eigenvalue weighted by atomic mass is 10.1. The Bertz CT molecular complexity index is 578. The second kappa shape index (κ2) is 5.65. The molecule has 0 amide bonds. The average Bonchev–Trinajstić information content (AvgIpc) is 2.40. The van der Waals surface area contributed by atoms with Crippen molar-refractivity contribution in [1.29, 1.82) is 0 Å². The van der Waals surface area contributed by atoms with Gasteiger partial charge < -0.3 is 4.90 Å². The maximum atomic E-state index is 13.4. The van der Waals surface area contributed by atoms with Crippen molar-refractivity contribution >= 4 is 12.0 Å². The fourth-order valence-electron chi connectivity index (χ4n) is 1.94. The van der Waals surface area contributed by atoms with Gasteiger partial charge in [0.2, 0.25) is 0 Å². The summed E-state index contributed by atoms with van der Waals surface area (Å²) in [4.78, 5) is 12.7. The van der Waals surface area contributed by atoms with Crippen LogP contribution in [0.4, 0.5) is 10.1 Å². The van der Waals surface area contributed by atoms with Gasteiger partial charge in [0, 0.05) is 24.8 Å². The first-order valence-corrected chi connectivity index (χ1v) is 6.11. The number of aryl methyl sites for hydroxylation is 1. The van der Waals surface area contributed by atoms with Gasteiger partial charge >= 0.3 is 0 Å². The van der Waals surface area contributed by atoms with Gasteiger partial charge in [0.25, 0.3) is 0 Å². The number of halogens is 1. The number of hydrogen-bond donors (Lipinski definition) is 0. The fourth-order valence-corrected chi connectivity index (χ4v) is 1.94. The summed E-state index contributed by atoms with van der Waals surface area (Å²) in [6.45, 7) is 2.71. The first kappa shape index (κ1) is 13.3. The van der Waals surface area contributed by atoms with E-state index >= 15 is 0 Å². The molecule has 2 nitrogen and oxygen atoms in total. The van der Waals surface area contributed by atoms with Gasteiger partial charge in [-0.25, -0.2) is 4.39 Å². The number of benzene rings is 2. The Labute approximate surface area is 112 Å². The minimum absolute atomic E-state index is 0.353. The second-order valence-electron chi connectivity index (χ2n) is 4.70. The zero-order valence-electron chi connectivity index (χ0n) is 11.1. The Morgan fingerprint density at radius 1 is 1.16 bits per heavy atom. The summed E-state index contributed by atoms with van der Waals surface area (Å²) in [7, 11) is 1.88. The first-order chi connectivity index (χ1) is 9.08. The molecule has 3 heteroatoms. The summed E-state index contributed by atoms with van der Waals surface area (Å²) in [5.74, 6) is -0.393. The average molecular weight is 257 g/mol. The SMILES string of the molecule is Cc1ccc(CN(C)c2cc(F)cc(C=O)c2)cc1. The molecule has 0 aromatic heterocycles. The van der Waals surface area contributed by atoms with Crippen molar-refractivity contribution in [3.63, 3.8) is 0 Å². The van der Waals surface area contributed by atoms with Crippen LogP contribution in [0, 0.1) is 12.7 Å². The highest BCUT2D eigenvalue weighted by Gasteiger charge is 2.06. The van der Waals surface area contributed by atoms with E-state index in [1.165, 1.54) is 17.7 Å². The van der Waals surface area contributed by atoms with Gasteiger partial charge in [-0.1, -0.05) is 29.8 Å². The zero-order valence-corrected chi connectivity index (χ0v) is 11.1. The second-order valence-corrected chi connectivity index (χ2v) is 4.70. The van der Waals surface area contributed by atoms with E-state index in [1.807, 2.05) is 43.1 Å². The summed E-state index contributed by atoms with van der Waals surface area (Å²) < 4.78 is 13.4. The number of rotatable bonds is 4. The summed E-state index contributed by atoms with van der Waals surface area (Å²) in [6.07, 6.45) is 0.659. The molecule has 2 aromatic rings. The molecule has 0 radical (unpaired) electrons. The molecular weight excluding hydrogens is 241 g/mol. The topological polar surface area (TPSA) is 20.3 Å². The molecule has 0 aliphatic carbocycles. The van der Waals surface area contributed by atoms with Gasteiger partial charge in [-0.05, 0) is 30.7 Å². The minimum atomic E-state index is -0.393. The van der Waals surface area contributed by atoms with E-state index < -0.39 is 5.82 Å². The highest BCUT2D eigenvalue weighted by molar-refractivity contribution is 5.77. The molecule has 0 heterocycles. The smallest absolute Gasteiger partial charge is 0.150 e. The number of carbonyl (C=O) groups is 1. The molecule has 98 valence electrons. The van der Waals surface area contributed by atoms with E-state index in [-0.39, 0.29) is 0 Å². The van der Waals surface area contributed by atoms with Gasteiger partial charge in [-0.3, -0.25) is 4.79 Å². The summed E-state index contributed by atoms with van der Waals surface area (Å²) >= 11 is 0. The van der Waals surface area contributed by atoms with Crippen LogP contribution in [0.3, 0.4) is 0 Å².